The maximum Gasteiger partial charge on any atom is 0.161 e. The summed E-state index contributed by atoms with van der Waals surface area (Å²) in [6, 6.07) is 4.57. The normalized spacial score (nSPS) is 27.9. The molecule has 0 unspecified atom stereocenters. The van der Waals surface area contributed by atoms with Gasteiger partial charge in [-0.1, -0.05) is 6.42 Å². The van der Waals surface area contributed by atoms with Crippen molar-refractivity contribution < 1.29 is 0 Å². The first kappa shape index (κ1) is 14.3. The van der Waals surface area contributed by atoms with Crippen LogP contribution in [0.25, 0.3) is 11.4 Å². The van der Waals surface area contributed by atoms with Gasteiger partial charge in [0.05, 0.1) is 5.69 Å². The summed E-state index contributed by atoms with van der Waals surface area (Å²) in [7, 11) is 0. The monoisotopic (exact) mass is 321 g/mol. The number of nitrogens with zero attached hydrogens (tertiary/aromatic N) is 3. The van der Waals surface area contributed by atoms with Gasteiger partial charge >= 0.3 is 0 Å². The van der Waals surface area contributed by atoms with E-state index in [4.69, 9.17) is 9.97 Å². The highest BCUT2D eigenvalue weighted by Gasteiger charge is 2.40. The maximum absolute atomic E-state index is 4.93. The van der Waals surface area contributed by atoms with Gasteiger partial charge in [-0.25, -0.2) is 9.97 Å². The van der Waals surface area contributed by atoms with Crippen molar-refractivity contribution >= 4 is 5.82 Å². The number of rotatable bonds is 3. The van der Waals surface area contributed by atoms with Gasteiger partial charge in [-0.2, -0.15) is 0 Å². The summed E-state index contributed by atoms with van der Waals surface area (Å²) in [4.78, 5) is 13.9. The van der Waals surface area contributed by atoms with Crippen LogP contribution >= 0.6 is 0 Å². The van der Waals surface area contributed by atoms with E-state index in [1.165, 1.54) is 31.2 Å². The van der Waals surface area contributed by atoms with Gasteiger partial charge in [-0.3, -0.25) is 4.98 Å². The molecule has 0 saturated heterocycles. The highest BCUT2D eigenvalue weighted by molar-refractivity contribution is 5.60. The third-order valence-electron chi connectivity index (χ3n) is 5.94. The molecule has 2 bridgehead atoms. The van der Waals surface area contributed by atoms with Crippen molar-refractivity contribution in [3.8, 4) is 11.4 Å². The lowest BCUT2D eigenvalue weighted by Gasteiger charge is -2.27. The molecule has 2 aromatic rings. The van der Waals surface area contributed by atoms with Crippen LogP contribution in [-0.2, 0) is 13.0 Å². The number of fused-ring (bicyclic) bond motifs is 3. The van der Waals surface area contributed by atoms with Gasteiger partial charge in [0.1, 0.15) is 5.82 Å². The van der Waals surface area contributed by atoms with E-state index >= 15 is 0 Å². The van der Waals surface area contributed by atoms with Gasteiger partial charge in [-0.05, 0) is 56.2 Å². The lowest BCUT2D eigenvalue weighted by molar-refractivity contribution is 0.438. The molecule has 0 aromatic carbocycles. The smallest absolute Gasteiger partial charge is 0.161 e. The highest BCUT2D eigenvalue weighted by Crippen LogP contribution is 2.45. The van der Waals surface area contributed by atoms with Crippen LogP contribution in [0.2, 0.25) is 0 Å². The molecule has 2 N–H and O–H groups in total. The zero-order chi connectivity index (χ0) is 15.9. The molecule has 3 atom stereocenters. The second-order valence-corrected chi connectivity index (χ2v) is 7.41. The van der Waals surface area contributed by atoms with Crippen LogP contribution in [0.5, 0.6) is 0 Å². The molecular weight excluding hydrogens is 298 g/mol. The molecular formula is C19H23N5. The van der Waals surface area contributed by atoms with Crippen molar-refractivity contribution in [2.45, 2.75) is 44.7 Å². The van der Waals surface area contributed by atoms with Crippen LogP contribution in [0, 0.1) is 11.8 Å². The van der Waals surface area contributed by atoms with E-state index in [0.717, 1.165) is 54.2 Å². The van der Waals surface area contributed by atoms with Gasteiger partial charge in [0.15, 0.2) is 5.82 Å². The molecule has 0 spiro atoms. The van der Waals surface area contributed by atoms with Crippen LogP contribution in [0.1, 0.15) is 36.9 Å². The van der Waals surface area contributed by atoms with Gasteiger partial charge in [0, 0.05) is 36.1 Å². The summed E-state index contributed by atoms with van der Waals surface area (Å²) in [5.74, 6) is 3.66. The second kappa shape index (κ2) is 5.81. The van der Waals surface area contributed by atoms with E-state index in [-0.39, 0.29) is 0 Å². The van der Waals surface area contributed by atoms with Crippen molar-refractivity contribution in [1.29, 1.82) is 0 Å². The standard InChI is InChI=1S/C19H23N5/c1-2-14-9-12(1)10-16(14)22-19-15-5-8-21-11-17(15)23-18(24-19)13-3-6-20-7-4-13/h3-4,6-7,12,14,16,21H,1-2,5,8-11H2,(H,22,23,24)/t12-,14+,16+/m0/s1. The van der Waals surface area contributed by atoms with Gasteiger partial charge in [-0.15, -0.1) is 0 Å². The zero-order valence-corrected chi connectivity index (χ0v) is 13.8. The molecule has 2 saturated carbocycles. The van der Waals surface area contributed by atoms with Gasteiger partial charge < -0.3 is 10.6 Å². The average Bonchev–Trinajstić information content (AvgIpc) is 3.25. The Kier molecular flexibility index (Phi) is 3.47. The third kappa shape index (κ3) is 2.47. The minimum absolute atomic E-state index is 0.600. The predicted molar refractivity (Wildman–Crippen MR) is 93.5 cm³/mol. The molecule has 5 rings (SSSR count). The van der Waals surface area contributed by atoms with Crippen molar-refractivity contribution in [3.05, 3.63) is 35.8 Å². The molecule has 0 radical (unpaired) electrons. The minimum atomic E-state index is 0.600. The van der Waals surface area contributed by atoms with Crippen LogP contribution < -0.4 is 10.6 Å². The van der Waals surface area contributed by atoms with E-state index in [9.17, 15) is 0 Å². The Bertz CT molecular complexity index is 745. The minimum Gasteiger partial charge on any atom is -0.367 e. The SMILES string of the molecule is c1cc(-c2nc3c(c(N[C@@H]4C[C@H]5CC[C@@H]4C5)n2)CCNC3)ccn1. The number of aromatic nitrogens is 3. The first-order valence-corrected chi connectivity index (χ1v) is 9.14. The molecule has 2 aliphatic carbocycles. The number of hydrogen-bond acceptors (Lipinski definition) is 5. The fourth-order valence-corrected chi connectivity index (χ4v) is 4.71. The Labute approximate surface area is 142 Å². The van der Waals surface area contributed by atoms with Gasteiger partial charge in [0.25, 0.3) is 0 Å². The van der Waals surface area contributed by atoms with Crippen molar-refractivity contribution in [1.82, 2.24) is 20.3 Å². The Hall–Kier alpha value is -2.01. The van der Waals surface area contributed by atoms with Crippen molar-refractivity contribution in [2.75, 3.05) is 11.9 Å². The van der Waals surface area contributed by atoms with E-state index in [2.05, 4.69) is 15.6 Å². The summed E-state index contributed by atoms with van der Waals surface area (Å²) < 4.78 is 0. The summed E-state index contributed by atoms with van der Waals surface area (Å²) in [6.45, 7) is 1.84. The van der Waals surface area contributed by atoms with Crippen LogP contribution in [-0.4, -0.2) is 27.5 Å². The first-order chi connectivity index (χ1) is 11.9. The molecule has 124 valence electrons. The van der Waals surface area contributed by atoms with Gasteiger partial charge in [0.2, 0.25) is 0 Å². The fourth-order valence-electron chi connectivity index (χ4n) is 4.71. The Balaban J connectivity index is 1.52. The van der Waals surface area contributed by atoms with E-state index < -0.39 is 0 Å². The Morgan fingerprint density at radius 1 is 1.08 bits per heavy atom. The molecule has 2 aromatic heterocycles. The number of anilines is 1. The van der Waals surface area contributed by atoms with E-state index in [0.29, 0.717) is 6.04 Å². The molecule has 3 heterocycles. The second-order valence-electron chi connectivity index (χ2n) is 7.41. The topological polar surface area (TPSA) is 62.7 Å². The molecule has 1 aliphatic heterocycles. The zero-order valence-electron chi connectivity index (χ0n) is 13.8. The Morgan fingerprint density at radius 2 is 2.00 bits per heavy atom. The van der Waals surface area contributed by atoms with E-state index in [1.54, 1.807) is 12.4 Å². The lowest BCUT2D eigenvalue weighted by atomic mass is 9.95. The predicted octanol–water partition coefficient (Wildman–Crippen LogP) is 2.78. The molecule has 5 heteroatoms. The number of nitrogens with one attached hydrogen (secondary N) is 2. The van der Waals surface area contributed by atoms with Crippen LogP contribution in [0.4, 0.5) is 5.82 Å². The van der Waals surface area contributed by atoms with E-state index in [1.807, 2.05) is 12.1 Å². The molecule has 0 amide bonds. The third-order valence-corrected chi connectivity index (χ3v) is 5.94. The first-order valence-electron chi connectivity index (χ1n) is 9.14. The summed E-state index contributed by atoms with van der Waals surface area (Å²) in [6.07, 6.45) is 10.1. The Morgan fingerprint density at radius 3 is 2.79 bits per heavy atom. The quantitative estimate of drug-likeness (QED) is 0.910. The summed E-state index contributed by atoms with van der Waals surface area (Å²) >= 11 is 0. The number of hydrogen-bond donors (Lipinski definition) is 2. The number of pyridine rings is 1. The highest BCUT2D eigenvalue weighted by atomic mass is 15.1. The lowest BCUT2D eigenvalue weighted by Crippen LogP contribution is -2.30. The van der Waals surface area contributed by atoms with Crippen LogP contribution in [0.15, 0.2) is 24.5 Å². The fraction of sp³-hybridized carbons (Fsp3) is 0.526. The molecule has 5 nitrogen and oxygen atoms in total. The largest absolute Gasteiger partial charge is 0.367 e. The molecule has 2 fully saturated rings. The average molecular weight is 321 g/mol. The summed E-state index contributed by atoms with van der Waals surface area (Å²) in [5.41, 5.74) is 3.50. The molecule has 24 heavy (non-hydrogen) atoms. The summed E-state index contributed by atoms with van der Waals surface area (Å²) in [5, 5.41) is 7.25. The molecule has 3 aliphatic rings. The maximum atomic E-state index is 4.93. The van der Waals surface area contributed by atoms with Crippen molar-refractivity contribution in [2.24, 2.45) is 11.8 Å². The van der Waals surface area contributed by atoms with Crippen LogP contribution in [0.3, 0.4) is 0 Å². The van der Waals surface area contributed by atoms with Crippen molar-refractivity contribution in [3.63, 3.8) is 0 Å².